The second-order valence-corrected chi connectivity index (χ2v) is 6.80. The minimum Gasteiger partial charge on any atom is -0.0843 e. The Balaban J connectivity index is 2.49. The monoisotopic (exact) mass is 286 g/mol. The zero-order valence-electron chi connectivity index (χ0n) is 13.0. The first-order valence-corrected chi connectivity index (χ1v) is 7.57. The van der Waals surface area contributed by atoms with Gasteiger partial charge in [-0.15, -0.1) is 0 Å². The molecule has 1 heteroatoms. The summed E-state index contributed by atoms with van der Waals surface area (Å²) >= 11 is 6.14. The third kappa shape index (κ3) is 2.91. The van der Waals surface area contributed by atoms with Crippen LogP contribution in [0.25, 0.3) is 0 Å². The first kappa shape index (κ1) is 15.1. The van der Waals surface area contributed by atoms with Gasteiger partial charge in [0.1, 0.15) is 0 Å². The van der Waals surface area contributed by atoms with Gasteiger partial charge in [0.15, 0.2) is 0 Å². The summed E-state index contributed by atoms with van der Waals surface area (Å²) in [5.74, 6) is 0.567. The predicted molar refractivity (Wildman–Crippen MR) is 88.8 cm³/mol. The van der Waals surface area contributed by atoms with E-state index in [4.69, 9.17) is 11.6 Å². The van der Waals surface area contributed by atoms with E-state index in [1.54, 1.807) is 0 Å². The van der Waals surface area contributed by atoms with Gasteiger partial charge in [-0.2, -0.15) is 0 Å². The van der Waals surface area contributed by atoms with E-state index in [0.717, 1.165) is 5.02 Å². The lowest BCUT2D eigenvalue weighted by molar-refractivity contribution is 0.635. The van der Waals surface area contributed by atoms with Gasteiger partial charge >= 0.3 is 0 Å². The average Bonchev–Trinajstić information content (AvgIpc) is 2.38. The molecule has 0 nitrogen and oxygen atoms in total. The molecule has 0 fully saturated rings. The maximum absolute atomic E-state index is 6.14. The molecule has 0 aliphatic heterocycles. The molecule has 2 aromatic rings. The van der Waals surface area contributed by atoms with Crippen molar-refractivity contribution in [2.24, 2.45) is 0 Å². The number of hydrogen-bond acceptors (Lipinski definition) is 0. The van der Waals surface area contributed by atoms with Gasteiger partial charge in [-0.3, -0.25) is 0 Å². The van der Waals surface area contributed by atoms with E-state index >= 15 is 0 Å². The third-order valence-corrected chi connectivity index (χ3v) is 4.37. The van der Waals surface area contributed by atoms with E-state index in [2.05, 4.69) is 65.0 Å². The number of benzene rings is 2. The van der Waals surface area contributed by atoms with Crippen molar-refractivity contribution in [3.05, 3.63) is 69.7 Å². The number of hydrogen-bond donors (Lipinski definition) is 0. The Bertz CT molecular complexity index is 609. The van der Waals surface area contributed by atoms with Crippen LogP contribution in [-0.4, -0.2) is 0 Å². The predicted octanol–water partition coefficient (Wildman–Crippen LogP) is 6.10. The van der Waals surface area contributed by atoms with Gasteiger partial charge < -0.3 is 0 Å². The van der Waals surface area contributed by atoms with E-state index in [0.29, 0.717) is 5.92 Å². The zero-order chi connectivity index (χ0) is 14.9. The summed E-state index contributed by atoms with van der Waals surface area (Å²) in [4.78, 5) is 0. The van der Waals surface area contributed by atoms with Gasteiger partial charge in [0, 0.05) is 10.4 Å². The molecule has 20 heavy (non-hydrogen) atoms. The maximum Gasteiger partial charge on any atom is 0.0409 e. The summed E-state index contributed by atoms with van der Waals surface area (Å²) in [5.41, 5.74) is 5.33. The highest BCUT2D eigenvalue weighted by atomic mass is 35.5. The van der Waals surface area contributed by atoms with Crippen molar-refractivity contribution >= 4 is 11.6 Å². The number of rotatable bonds is 3. The molecule has 0 saturated carbocycles. The van der Waals surface area contributed by atoms with Crippen LogP contribution in [-0.2, 0) is 5.41 Å². The fourth-order valence-corrected chi connectivity index (χ4v) is 2.97. The maximum atomic E-state index is 6.14. The molecule has 0 aliphatic carbocycles. The summed E-state index contributed by atoms with van der Waals surface area (Å²) in [6.07, 6.45) is 0. The Morgan fingerprint density at radius 3 is 2.25 bits per heavy atom. The van der Waals surface area contributed by atoms with Crippen LogP contribution in [0.5, 0.6) is 0 Å². The summed E-state index contributed by atoms with van der Waals surface area (Å²) < 4.78 is 0. The molecule has 2 aromatic carbocycles. The summed E-state index contributed by atoms with van der Waals surface area (Å²) in [6, 6.07) is 15.0. The van der Waals surface area contributed by atoms with Crippen molar-refractivity contribution in [3.8, 4) is 0 Å². The molecular weight excluding hydrogens is 264 g/mol. The summed E-state index contributed by atoms with van der Waals surface area (Å²) in [7, 11) is 0. The van der Waals surface area contributed by atoms with Crippen molar-refractivity contribution in [1.82, 2.24) is 0 Å². The molecule has 0 N–H and O–H groups in total. The molecule has 0 atom stereocenters. The Morgan fingerprint density at radius 2 is 1.70 bits per heavy atom. The van der Waals surface area contributed by atoms with Crippen LogP contribution in [0.4, 0.5) is 0 Å². The van der Waals surface area contributed by atoms with Gasteiger partial charge in [0.05, 0.1) is 0 Å². The molecule has 0 radical (unpaired) electrons. The molecular formula is C19H23Cl. The Kier molecular flexibility index (Phi) is 4.25. The average molecular weight is 287 g/mol. The SMILES string of the molecule is Cc1cc(C(C)C)ccc1C(C)(C)c1cccc(Cl)c1. The first-order valence-electron chi connectivity index (χ1n) is 7.19. The van der Waals surface area contributed by atoms with Gasteiger partial charge in [-0.05, 0) is 47.2 Å². The molecule has 0 heterocycles. The third-order valence-electron chi connectivity index (χ3n) is 4.14. The van der Waals surface area contributed by atoms with Crippen molar-refractivity contribution in [1.29, 1.82) is 0 Å². The second-order valence-electron chi connectivity index (χ2n) is 6.36. The fraction of sp³-hybridized carbons (Fsp3) is 0.368. The molecule has 0 unspecified atom stereocenters. The molecule has 0 amide bonds. The fourth-order valence-electron chi connectivity index (χ4n) is 2.78. The summed E-state index contributed by atoms with van der Waals surface area (Å²) in [6.45, 7) is 11.2. The zero-order valence-corrected chi connectivity index (χ0v) is 13.8. The smallest absolute Gasteiger partial charge is 0.0409 e. The van der Waals surface area contributed by atoms with E-state index in [1.807, 2.05) is 12.1 Å². The van der Waals surface area contributed by atoms with Crippen LogP contribution in [0.1, 0.15) is 55.9 Å². The normalized spacial score (nSPS) is 11.9. The van der Waals surface area contributed by atoms with Gasteiger partial charge in [0.2, 0.25) is 0 Å². The molecule has 0 aliphatic rings. The van der Waals surface area contributed by atoms with E-state index in [1.165, 1.54) is 22.3 Å². The molecule has 106 valence electrons. The molecule has 2 rings (SSSR count). The van der Waals surface area contributed by atoms with Crippen molar-refractivity contribution < 1.29 is 0 Å². The van der Waals surface area contributed by atoms with E-state index < -0.39 is 0 Å². The number of halogens is 1. The van der Waals surface area contributed by atoms with Crippen LogP contribution in [0.3, 0.4) is 0 Å². The van der Waals surface area contributed by atoms with E-state index in [9.17, 15) is 0 Å². The van der Waals surface area contributed by atoms with Crippen molar-refractivity contribution in [2.45, 2.75) is 46.0 Å². The second kappa shape index (κ2) is 5.61. The highest BCUT2D eigenvalue weighted by molar-refractivity contribution is 6.30. The highest BCUT2D eigenvalue weighted by Crippen LogP contribution is 2.35. The highest BCUT2D eigenvalue weighted by Gasteiger charge is 2.25. The largest absolute Gasteiger partial charge is 0.0843 e. The van der Waals surface area contributed by atoms with Crippen LogP contribution < -0.4 is 0 Å². The van der Waals surface area contributed by atoms with Crippen LogP contribution in [0.2, 0.25) is 5.02 Å². The lowest BCUT2D eigenvalue weighted by atomic mass is 9.75. The lowest BCUT2D eigenvalue weighted by Gasteiger charge is -2.28. The van der Waals surface area contributed by atoms with Crippen molar-refractivity contribution in [3.63, 3.8) is 0 Å². The Labute approximate surface area is 127 Å². The Morgan fingerprint density at radius 1 is 1.00 bits per heavy atom. The van der Waals surface area contributed by atoms with Gasteiger partial charge in [-0.25, -0.2) is 0 Å². The first-order chi connectivity index (χ1) is 9.32. The summed E-state index contributed by atoms with van der Waals surface area (Å²) in [5, 5.41) is 0.798. The standard InChI is InChI=1S/C19H23Cl/c1-13(2)15-9-10-18(14(3)11-15)19(4,5)16-7-6-8-17(20)12-16/h6-13H,1-5H3. The quantitative estimate of drug-likeness (QED) is 0.640. The molecule has 0 bridgehead atoms. The van der Waals surface area contributed by atoms with Gasteiger partial charge in [-0.1, -0.05) is 69.6 Å². The molecule has 0 spiro atoms. The lowest BCUT2D eigenvalue weighted by Crippen LogP contribution is -2.20. The van der Waals surface area contributed by atoms with Crippen LogP contribution in [0, 0.1) is 6.92 Å². The van der Waals surface area contributed by atoms with Crippen molar-refractivity contribution in [2.75, 3.05) is 0 Å². The van der Waals surface area contributed by atoms with E-state index in [-0.39, 0.29) is 5.41 Å². The molecule has 0 aromatic heterocycles. The molecule has 0 saturated heterocycles. The number of aryl methyl sites for hydroxylation is 1. The van der Waals surface area contributed by atoms with Crippen LogP contribution >= 0.6 is 11.6 Å². The van der Waals surface area contributed by atoms with Crippen LogP contribution in [0.15, 0.2) is 42.5 Å². The van der Waals surface area contributed by atoms with Gasteiger partial charge in [0.25, 0.3) is 0 Å². The minimum atomic E-state index is -0.0372. The minimum absolute atomic E-state index is 0.0372. The Hall–Kier alpha value is -1.27. The topological polar surface area (TPSA) is 0 Å².